The van der Waals surface area contributed by atoms with Crippen molar-refractivity contribution in [1.82, 2.24) is 10.6 Å². The molecule has 0 aromatic heterocycles. The van der Waals surface area contributed by atoms with Gasteiger partial charge in [-0.05, 0) is 18.1 Å². The molecule has 8 nitrogen and oxygen atoms in total. The van der Waals surface area contributed by atoms with Gasteiger partial charge in [-0.25, -0.2) is 4.79 Å². The third kappa shape index (κ3) is 3.43. The Bertz CT molecular complexity index is 721. The predicted octanol–water partition coefficient (Wildman–Crippen LogP) is -0.166. The van der Waals surface area contributed by atoms with E-state index >= 15 is 0 Å². The molecule has 0 saturated carbocycles. The van der Waals surface area contributed by atoms with Gasteiger partial charge in [0.05, 0.1) is 18.6 Å². The first kappa shape index (κ1) is 19.5. The molecule has 1 fully saturated rings. The van der Waals surface area contributed by atoms with Gasteiger partial charge in [0.25, 0.3) is 5.72 Å². The molecule has 11 heteroatoms. The summed E-state index contributed by atoms with van der Waals surface area (Å²) in [5.74, 6) is -5.18. The second-order valence-electron chi connectivity index (χ2n) is 5.48. The second kappa shape index (κ2) is 6.83. The third-order valence-corrected chi connectivity index (χ3v) is 3.85. The summed E-state index contributed by atoms with van der Waals surface area (Å²) in [4.78, 5) is 34.6. The zero-order valence-corrected chi connectivity index (χ0v) is 13.3. The lowest BCUT2D eigenvalue weighted by Crippen LogP contribution is -2.73. The number of rotatable bonds is 4. The first-order valence-corrected chi connectivity index (χ1v) is 7.37. The summed E-state index contributed by atoms with van der Waals surface area (Å²) in [7, 11) is 0. The summed E-state index contributed by atoms with van der Waals surface area (Å²) >= 11 is 0. The maximum Gasteiger partial charge on any atom is 0.437 e. The molecule has 1 aromatic rings. The number of ether oxygens (including phenoxy) is 1. The highest BCUT2D eigenvalue weighted by atomic mass is 19.4. The molecular weight excluding hydrogens is 361 g/mol. The summed E-state index contributed by atoms with van der Waals surface area (Å²) in [6, 6.07) is 1.29. The van der Waals surface area contributed by atoms with Gasteiger partial charge in [-0.15, -0.1) is 0 Å². The summed E-state index contributed by atoms with van der Waals surface area (Å²) in [6.07, 6.45) is -5.38. The SMILES string of the molecule is CCOC(=O)[C@@H]1[C@@H](c2ccc(C(=O)[O-])cc2)NC(=O)N[C@@]1(O)C(F)(F)F. The van der Waals surface area contributed by atoms with Crippen molar-refractivity contribution in [1.29, 1.82) is 0 Å². The number of aromatic carboxylic acids is 1. The number of hydrogen-bond donors (Lipinski definition) is 3. The number of carboxylic acids is 1. The predicted molar refractivity (Wildman–Crippen MR) is 76.3 cm³/mol. The average molecular weight is 375 g/mol. The molecule has 1 aliphatic rings. The standard InChI is InChI=1S/C15H15F3N2O6/c1-2-26-12(23)9-10(7-3-5-8(6-4-7)11(21)22)19-13(24)20-14(9,25)15(16,17)18/h3-6,9-10,25H,2H2,1H3,(H,21,22)(H2,19,20,24)/p-1/t9-,10+,14-/m0/s1. The van der Waals surface area contributed by atoms with E-state index in [0.29, 0.717) is 0 Å². The van der Waals surface area contributed by atoms with E-state index < -0.39 is 41.8 Å². The lowest BCUT2D eigenvalue weighted by Gasteiger charge is -2.44. The number of amides is 2. The Labute approximate surface area is 144 Å². The molecule has 1 aromatic carbocycles. The fourth-order valence-corrected chi connectivity index (χ4v) is 2.64. The van der Waals surface area contributed by atoms with Crippen molar-refractivity contribution in [2.45, 2.75) is 24.9 Å². The first-order chi connectivity index (χ1) is 12.0. The number of benzene rings is 1. The molecule has 0 unspecified atom stereocenters. The van der Waals surface area contributed by atoms with Crippen LogP contribution in [0.1, 0.15) is 28.9 Å². The van der Waals surface area contributed by atoms with Crippen LogP contribution in [0, 0.1) is 5.92 Å². The van der Waals surface area contributed by atoms with Crippen molar-refractivity contribution in [3.63, 3.8) is 0 Å². The van der Waals surface area contributed by atoms with Crippen LogP contribution in [-0.4, -0.2) is 41.6 Å². The van der Waals surface area contributed by atoms with Crippen molar-refractivity contribution in [3.05, 3.63) is 35.4 Å². The first-order valence-electron chi connectivity index (χ1n) is 7.37. The molecule has 142 valence electrons. The van der Waals surface area contributed by atoms with Gasteiger partial charge in [0.15, 0.2) is 0 Å². The second-order valence-corrected chi connectivity index (χ2v) is 5.48. The third-order valence-electron chi connectivity index (χ3n) is 3.85. The number of esters is 1. The molecule has 0 radical (unpaired) electrons. The Hall–Kier alpha value is -2.82. The molecule has 26 heavy (non-hydrogen) atoms. The molecule has 1 heterocycles. The number of alkyl halides is 3. The molecule has 0 aliphatic carbocycles. The zero-order valence-electron chi connectivity index (χ0n) is 13.3. The fourth-order valence-electron chi connectivity index (χ4n) is 2.64. The van der Waals surface area contributed by atoms with Crippen LogP contribution in [0.15, 0.2) is 24.3 Å². The van der Waals surface area contributed by atoms with Crippen molar-refractivity contribution in [3.8, 4) is 0 Å². The molecule has 1 saturated heterocycles. The minimum atomic E-state index is -5.38. The maximum absolute atomic E-state index is 13.4. The molecule has 3 N–H and O–H groups in total. The summed E-state index contributed by atoms with van der Waals surface area (Å²) < 4.78 is 44.9. The van der Waals surface area contributed by atoms with Gasteiger partial charge in [-0.2, -0.15) is 13.2 Å². The van der Waals surface area contributed by atoms with Crippen LogP contribution >= 0.6 is 0 Å². The van der Waals surface area contributed by atoms with E-state index in [-0.39, 0.29) is 17.7 Å². The van der Waals surface area contributed by atoms with Crippen LogP contribution < -0.4 is 15.7 Å². The van der Waals surface area contributed by atoms with E-state index in [2.05, 4.69) is 10.1 Å². The van der Waals surface area contributed by atoms with Crippen molar-refractivity contribution >= 4 is 18.0 Å². The Morgan fingerprint density at radius 3 is 2.35 bits per heavy atom. The minimum Gasteiger partial charge on any atom is -0.545 e. The summed E-state index contributed by atoms with van der Waals surface area (Å²) in [6.45, 7) is 1.11. The van der Waals surface area contributed by atoms with Gasteiger partial charge in [-0.3, -0.25) is 4.79 Å². The minimum absolute atomic E-state index is 0.0365. The van der Waals surface area contributed by atoms with Crippen molar-refractivity contribution in [2.75, 3.05) is 6.61 Å². The van der Waals surface area contributed by atoms with E-state index in [1.165, 1.54) is 12.2 Å². The van der Waals surface area contributed by atoms with Gasteiger partial charge < -0.3 is 30.4 Å². The molecule has 0 bridgehead atoms. The molecule has 0 spiro atoms. The monoisotopic (exact) mass is 375 g/mol. The van der Waals surface area contributed by atoms with Crippen LogP contribution in [0.3, 0.4) is 0 Å². The van der Waals surface area contributed by atoms with E-state index in [9.17, 15) is 37.8 Å². The van der Waals surface area contributed by atoms with Gasteiger partial charge in [0.1, 0.15) is 5.92 Å². The maximum atomic E-state index is 13.4. The van der Waals surface area contributed by atoms with E-state index in [4.69, 9.17) is 0 Å². The molecular formula is C15H14F3N2O6-. The molecule has 2 rings (SSSR count). The average Bonchev–Trinajstić information content (AvgIpc) is 2.53. The molecule has 1 aliphatic heterocycles. The lowest BCUT2D eigenvalue weighted by atomic mass is 9.82. The summed E-state index contributed by atoms with van der Waals surface area (Å²) in [5, 5.41) is 24.3. The topological polar surface area (TPSA) is 128 Å². The van der Waals surface area contributed by atoms with Gasteiger partial charge >= 0.3 is 18.2 Å². The van der Waals surface area contributed by atoms with Gasteiger partial charge in [-0.1, -0.05) is 24.3 Å². The highest BCUT2D eigenvalue weighted by Gasteiger charge is 2.67. The highest BCUT2D eigenvalue weighted by Crippen LogP contribution is 2.43. The lowest BCUT2D eigenvalue weighted by molar-refractivity contribution is -0.294. The number of urea groups is 1. The summed E-state index contributed by atoms with van der Waals surface area (Å²) in [5.41, 5.74) is -4.17. The number of hydrogen-bond acceptors (Lipinski definition) is 6. The van der Waals surface area contributed by atoms with E-state index in [1.807, 2.05) is 0 Å². The van der Waals surface area contributed by atoms with Gasteiger partial charge in [0.2, 0.25) is 0 Å². The normalized spacial score (nSPS) is 25.8. The van der Waals surface area contributed by atoms with Crippen LogP contribution in [0.2, 0.25) is 0 Å². The highest BCUT2D eigenvalue weighted by molar-refractivity contribution is 5.86. The van der Waals surface area contributed by atoms with Crippen LogP contribution in [-0.2, 0) is 9.53 Å². The number of halogens is 3. The van der Waals surface area contributed by atoms with Crippen LogP contribution in [0.4, 0.5) is 18.0 Å². The quantitative estimate of drug-likeness (QED) is 0.627. The van der Waals surface area contributed by atoms with E-state index in [0.717, 1.165) is 24.3 Å². The molecule has 3 atom stereocenters. The number of carboxylic acid groups (broad SMARTS) is 1. The zero-order chi connectivity index (χ0) is 19.7. The van der Waals surface area contributed by atoms with Crippen LogP contribution in [0.5, 0.6) is 0 Å². The molecule has 2 amide bonds. The number of carbonyl (C=O) groups excluding carboxylic acids is 3. The van der Waals surface area contributed by atoms with Gasteiger partial charge in [0, 0.05) is 0 Å². The fraction of sp³-hybridized carbons (Fsp3) is 0.400. The Kier molecular flexibility index (Phi) is 5.12. The van der Waals surface area contributed by atoms with Crippen LogP contribution in [0.25, 0.3) is 0 Å². The Balaban J connectivity index is 2.54. The Morgan fingerprint density at radius 1 is 1.31 bits per heavy atom. The smallest absolute Gasteiger partial charge is 0.437 e. The number of carbonyl (C=O) groups is 3. The largest absolute Gasteiger partial charge is 0.545 e. The Morgan fingerprint density at radius 2 is 1.88 bits per heavy atom. The van der Waals surface area contributed by atoms with E-state index in [1.54, 1.807) is 0 Å². The van der Waals surface area contributed by atoms with Crippen molar-refractivity contribution in [2.24, 2.45) is 5.92 Å². The van der Waals surface area contributed by atoms with Crippen molar-refractivity contribution < 1.29 is 42.5 Å². The number of aliphatic hydroxyl groups is 1. The number of nitrogens with one attached hydrogen (secondary N) is 2.